The molecule has 1 fully saturated rings. The fourth-order valence-corrected chi connectivity index (χ4v) is 3.70. The molecule has 134 valence electrons. The van der Waals surface area contributed by atoms with Gasteiger partial charge in [0.1, 0.15) is 11.1 Å². The zero-order valence-electron chi connectivity index (χ0n) is 15.7. The lowest BCUT2D eigenvalue weighted by atomic mass is 9.63. The third-order valence-corrected chi connectivity index (χ3v) is 4.77. The Labute approximate surface area is 140 Å². The van der Waals surface area contributed by atoms with Crippen molar-refractivity contribution in [1.29, 1.82) is 0 Å². The molecule has 0 aromatic carbocycles. The number of rotatable bonds is 4. The molecule has 1 saturated carbocycles. The lowest BCUT2D eigenvalue weighted by molar-refractivity contribution is -0.160. The second-order valence-electron chi connectivity index (χ2n) is 8.63. The highest BCUT2D eigenvalue weighted by molar-refractivity contribution is 5.85. The van der Waals surface area contributed by atoms with Crippen molar-refractivity contribution >= 4 is 12.1 Å². The second-order valence-corrected chi connectivity index (χ2v) is 8.63. The summed E-state index contributed by atoms with van der Waals surface area (Å²) in [5.74, 6) is -1.04. The summed E-state index contributed by atoms with van der Waals surface area (Å²) < 4.78 is 5.50. The average Bonchev–Trinajstić information content (AvgIpc) is 2.33. The van der Waals surface area contributed by atoms with Crippen LogP contribution in [0.2, 0.25) is 0 Å². The van der Waals surface area contributed by atoms with Crippen LogP contribution in [-0.2, 0) is 9.53 Å². The highest BCUT2D eigenvalue weighted by Crippen LogP contribution is 2.47. The quantitative estimate of drug-likeness (QED) is 0.836. The van der Waals surface area contributed by atoms with Crippen molar-refractivity contribution in [3.8, 4) is 0 Å². The Morgan fingerprint density at radius 3 is 2.22 bits per heavy atom. The minimum Gasteiger partial charge on any atom is -0.479 e. The van der Waals surface area contributed by atoms with E-state index in [1.54, 1.807) is 20.8 Å². The lowest BCUT2D eigenvalue weighted by Gasteiger charge is -2.51. The third kappa shape index (κ3) is 4.39. The molecule has 0 aromatic rings. The Morgan fingerprint density at radius 2 is 1.83 bits per heavy atom. The monoisotopic (exact) mass is 327 g/mol. The highest BCUT2D eigenvalue weighted by atomic mass is 16.6. The van der Waals surface area contributed by atoms with Gasteiger partial charge in [0.25, 0.3) is 0 Å². The molecular weight excluding hydrogens is 294 g/mol. The first kappa shape index (κ1) is 19.8. The number of nitrogens with zero attached hydrogens (tertiary/aromatic N) is 1. The molecule has 2 atom stereocenters. The first-order valence-electron chi connectivity index (χ1n) is 8.60. The summed E-state index contributed by atoms with van der Waals surface area (Å²) in [5.41, 5.74) is -1.71. The predicted octanol–water partition coefficient (Wildman–Crippen LogP) is 4.30. The molecule has 1 N–H and O–H groups in total. The minimum absolute atomic E-state index is 0.101. The van der Waals surface area contributed by atoms with Crippen LogP contribution in [0.3, 0.4) is 0 Å². The Bertz CT molecular complexity index is 452. The van der Waals surface area contributed by atoms with Gasteiger partial charge in [-0.3, -0.25) is 4.90 Å². The first-order valence-corrected chi connectivity index (χ1v) is 8.60. The molecule has 5 nitrogen and oxygen atoms in total. The third-order valence-electron chi connectivity index (χ3n) is 4.77. The lowest BCUT2D eigenvalue weighted by Crippen LogP contribution is -2.64. The molecule has 23 heavy (non-hydrogen) atoms. The highest BCUT2D eigenvalue weighted by Gasteiger charge is 2.55. The Balaban J connectivity index is 3.22. The van der Waals surface area contributed by atoms with E-state index in [9.17, 15) is 14.7 Å². The Morgan fingerprint density at radius 1 is 1.26 bits per heavy atom. The van der Waals surface area contributed by atoms with Gasteiger partial charge in [-0.1, -0.05) is 27.7 Å². The number of carbonyl (C=O) groups is 2. The molecule has 0 saturated heterocycles. The van der Waals surface area contributed by atoms with E-state index in [0.29, 0.717) is 19.4 Å². The zero-order chi connectivity index (χ0) is 18.1. The maximum absolute atomic E-state index is 12.7. The van der Waals surface area contributed by atoms with Crippen LogP contribution in [0.25, 0.3) is 0 Å². The number of aliphatic carboxylic acids is 1. The van der Waals surface area contributed by atoms with Gasteiger partial charge in [-0.2, -0.15) is 0 Å². The van der Waals surface area contributed by atoms with Gasteiger partial charge in [0.15, 0.2) is 0 Å². The number of carboxylic acids is 1. The number of ether oxygens (including phenoxy) is 1. The van der Waals surface area contributed by atoms with Gasteiger partial charge in [0.2, 0.25) is 0 Å². The van der Waals surface area contributed by atoms with Crippen molar-refractivity contribution in [2.24, 2.45) is 11.3 Å². The predicted molar refractivity (Wildman–Crippen MR) is 90.4 cm³/mol. The minimum atomic E-state index is -1.17. The van der Waals surface area contributed by atoms with E-state index < -0.39 is 23.2 Å². The van der Waals surface area contributed by atoms with Crippen LogP contribution < -0.4 is 0 Å². The summed E-state index contributed by atoms with van der Waals surface area (Å²) in [5, 5.41) is 10.0. The summed E-state index contributed by atoms with van der Waals surface area (Å²) in [7, 11) is 0. The molecule has 0 bridgehead atoms. The summed E-state index contributed by atoms with van der Waals surface area (Å²) >= 11 is 0. The normalized spacial score (nSPS) is 27.3. The number of hydrogen-bond acceptors (Lipinski definition) is 3. The molecule has 1 rings (SSSR count). The first-order chi connectivity index (χ1) is 10.4. The summed E-state index contributed by atoms with van der Waals surface area (Å²) in [6.45, 7) is 14.0. The standard InChI is InChI=1S/C18H33NO4/c1-8-11-19(15(22)23-16(3,4)5)18(14(20)21)10-9-17(6,7)12-13(18)2/h13H,8-12H2,1-7H3,(H,20,21). The molecule has 0 heterocycles. The Kier molecular flexibility index (Phi) is 5.76. The van der Waals surface area contributed by atoms with E-state index >= 15 is 0 Å². The van der Waals surface area contributed by atoms with Gasteiger partial charge in [0.05, 0.1) is 0 Å². The smallest absolute Gasteiger partial charge is 0.411 e. The van der Waals surface area contributed by atoms with Crippen LogP contribution in [0, 0.1) is 11.3 Å². The van der Waals surface area contributed by atoms with Gasteiger partial charge < -0.3 is 9.84 Å². The number of carboxylic acid groups (broad SMARTS) is 1. The molecule has 1 aliphatic rings. The van der Waals surface area contributed by atoms with Gasteiger partial charge in [-0.05, 0) is 57.8 Å². The van der Waals surface area contributed by atoms with Crippen LogP contribution in [0.15, 0.2) is 0 Å². The van der Waals surface area contributed by atoms with Crippen molar-refractivity contribution in [2.75, 3.05) is 6.54 Å². The van der Waals surface area contributed by atoms with E-state index in [4.69, 9.17) is 4.74 Å². The van der Waals surface area contributed by atoms with Crippen molar-refractivity contribution in [3.63, 3.8) is 0 Å². The van der Waals surface area contributed by atoms with E-state index in [1.807, 2.05) is 13.8 Å². The van der Waals surface area contributed by atoms with Gasteiger partial charge >= 0.3 is 12.1 Å². The maximum atomic E-state index is 12.7. The molecule has 0 aliphatic heterocycles. The van der Waals surface area contributed by atoms with E-state index in [0.717, 1.165) is 12.8 Å². The van der Waals surface area contributed by atoms with Crippen LogP contribution in [0.5, 0.6) is 0 Å². The molecule has 0 spiro atoms. The summed E-state index contributed by atoms with van der Waals surface area (Å²) in [6, 6.07) is 0. The topological polar surface area (TPSA) is 66.8 Å². The van der Waals surface area contributed by atoms with E-state index in [2.05, 4.69) is 13.8 Å². The van der Waals surface area contributed by atoms with Crippen LogP contribution in [-0.4, -0.2) is 39.8 Å². The second kappa shape index (κ2) is 6.70. The molecule has 2 unspecified atom stereocenters. The van der Waals surface area contributed by atoms with Gasteiger partial charge in [0, 0.05) is 6.54 Å². The SMILES string of the molecule is CCCN(C(=O)OC(C)(C)C)C1(C(=O)O)CCC(C)(C)CC1C. The zero-order valence-corrected chi connectivity index (χ0v) is 15.7. The average molecular weight is 327 g/mol. The fraction of sp³-hybridized carbons (Fsp3) is 0.889. The maximum Gasteiger partial charge on any atom is 0.411 e. The summed E-state index contributed by atoms with van der Waals surface area (Å²) in [4.78, 5) is 26.4. The van der Waals surface area contributed by atoms with Crippen molar-refractivity contribution in [1.82, 2.24) is 4.90 Å². The largest absolute Gasteiger partial charge is 0.479 e. The van der Waals surface area contributed by atoms with Crippen molar-refractivity contribution < 1.29 is 19.4 Å². The number of hydrogen-bond donors (Lipinski definition) is 1. The Hall–Kier alpha value is -1.26. The molecule has 1 amide bonds. The van der Waals surface area contributed by atoms with Crippen molar-refractivity contribution in [3.05, 3.63) is 0 Å². The van der Waals surface area contributed by atoms with Crippen LogP contribution >= 0.6 is 0 Å². The van der Waals surface area contributed by atoms with Crippen molar-refractivity contribution in [2.45, 2.75) is 85.3 Å². The fourth-order valence-electron chi connectivity index (χ4n) is 3.70. The van der Waals surface area contributed by atoms with Gasteiger partial charge in [-0.25, -0.2) is 9.59 Å². The van der Waals surface area contributed by atoms with E-state index in [1.165, 1.54) is 4.90 Å². The van der Waals surface area contributed by atoms with Crippen LogP contribution in [0.1, 0.15) is 74.1 Å². The molecule has 0 aromatic heterocycles. The number of carbonyl (C=O) groups excluding carboxylic acids is 1. The number of amides is 1. The van der Waals surface area contributed by atoms with Crippen LogP contribution in [0.4, 0.5) is 4.79 Å². The molecule has 5 heteroatoms. The molecule has 0 radical (unpaired) electrons. The van der Waals surface area contributed by atoms with Gasteiger partial charge in [-0.15, -0.1) is 0 Å². The molecular formula is C18H33NO4. The summed E-state index contributed by atoms with van der Waals surface area (Å²) in [6.07, 6.45) is 2.21. The molecule has 1 aliphatic carbocycles. The van der Waals surface area contributed by atoms with E-state index in [-0.39, 0.29) is 11.3 Å².